The van der Waals surface area contributed by atoms with Crippen LogP contribution >= 0.6 is 0 Å². The highest BCUT2D eigenvalue weighted by Crippen LogP contribution is 2.37. The zero-order chi connectivity index (χ0) is 25.6. The lowest BCUT2D eigenvalue weighted by atomic mass is 10.1. The maximum absolute atomic E-state index is 14.0. The molecule has 4 heterocycles. The molecular formula is C23H25F2N7O3S. The Kier molecular flexibility index (Phi) is 6.12. The zero-order valence-electron chi connectivity index (χ0n) is 19.6. The van der Waals surface area contributed by atoms with Crippen molar-refractivity contribution in [3.8, 4) is 11.3 Å². The number of rotatable bonds is 6. The standard InChI is InChI=1S/C23H25F2N7O3S/c1-31-11-16(27-12-31)13-6-7-14(17(9-13)36(2,33)34)28-15-10-18(26)29-22-20(15)30-23(21(24)25)32(22)19-5-3-4-8-35-19/h6-7,9-12,19,21H,3-5,8H2,1-2H3,(H3,26,28,29). The van der Waals surface area contributed by atoms with Gasteiger partial charge in [0.2, 0.25) is 0 Å². The van der Waals surface area contributed by atoms with Crippen molar-refractivity contribution >= 4 is 38.2 Å². The van der Waals surface area contributed by atoms with Crippen molar-refractivity contribution < 1.29 is 21.9 Å². The van der Waals surface area contributed by atoms with Crippen molar-refractivity contribution in [1.29, 1.82) is 0 Å². The van der Waals surface area contributed by atoms with Crippen LogP contribution in [0.1, 0.15) is 37.7 Å². The predicted molar refractivity (Wildman–Crippen MR) is 131 cm³/mol. The molecule has 0 aliphatic carbocycles. The number of alkyl halides is 2. The van der Waals surface area contributed by atoms with Crippen LogP contribution in [0.5, 0.6) is 0 Å². The van der Waals surface area contributed by atoms with Crippen molar-refractivity contribution in [3.63, 3.8) is 0 Å². The van der Waals surface area contributed by atoms with Crippen LogP contribution in [-0.2, 0) is 21.6 Å². The van der Waals surface area contributed by atoms with E-state index in [-0.39, 0.29) is 33.3 Å². The van der Waals surface area contributed by atoms with Gasteiger partial charge in [-0.2, -0.15) is 0 Å². The van der Waals surface area contributed by atoms with Crippen LogP contribution < -0.4 is 11.1 Å². The van der Waals surface area contributed by atoms with Gasteiger partial charge in [0.25, 0.3) is 6.43 Å². The fourth-order valence-corrected chi connectivity index (χ4v) is 5.22. The lowest BCUT2D eigenvalue weighted by Gasteiger charge is -2.25. The van der Waals surface area contributed by atoms with E-state index >= 15 is 0 Å². The first-order valence-corrected chi connectivity index (χ1v) is 13.2. The maximum Gasteiger partial charge on any atom is 0.295 e. The Labute approximate surface area is 206 Å². The topological polar surface area (TPSA) is 130 Å². The number of pyridine rings is 1. The Hall–Kier alpha value is -3.58. The fraction of sp³-hybridized carbons (Fsp3) is 0.348. The molecule has 5 rings (SSSR count). The van der Waals surface area contributed by atoms with E-state index in [4.69, 9.17) is 10.5 Å². The molecule has 1 aromatic carbocycles. The molecular weight excluding hydrogens is 492 g/mol. The number of ether oxygens (including phenoxy) is 1. The summed E-state index contributed by atoms with van der Waals surface area (Å²) in [5, 5.41) is 3.04. The highest BCUT2D eigenvalue weighted by molar-refractivity contribution is 7.90. The van der Waals surface area contributed by atoms with Crippen molar-refractivity contribution in [3.05, 3.63) is 42.6 Å². The summed E-state index contributed by atoms with van der Waals surface area (Å²) in [7, 11) is -1.87. The molecule has 1 atom stereocenters. The van der Waals surface area contributed by atoms with Crippen LogP contribution in [0.15, 0.2) is 41.7 Å². The first kappa shape index (κ1) is 24.1. The third-order valence-corrected chi connectivity index (χ3v) is 7.12. The number of nitrogens with two attached hydrogens (primary N) is 1. The molecule has 1 aliphatic heterocycles. The largest absolute Gasteiger partial charge is 0.384 e. The molecule has 3 N–H and O–H groups in total. The van der Waals surface area contributed by atoms with E-state index in [9.17, 15) is 17.2 Å². The minimum atomic E-state index is -3.68. The molecule has 1 aliphatic rings. The molecule has 1 fully saturated rings. The van der Waals surface area contributed by atoms with Gasteiger partial charge in [-0.05, 0) is 31.4 Å². The first-order valence-electron chi connectivity index (χ1n) is 11.3. The summed E-state index contributed by atoms with van der Waals surface area (Å²) in [5.74, 6) is -0.416. The molecule has 1 saturated heterocycles. The van der Waals surface area contributed by atoms with Crippen LogP contribution in [0, 0.1) is 0 Å². The van der Waals surface area contributed by atoms with Crippen molar-refractivity contribution in [2.75, 3.05) is 23.9 Å². The number of imidazole rings is 2. The highest BCUT2D eigenvalue weighted by Gasteiger charge is 2.29. The van der Waals surface area contributed by atoms with Crippen molar-refractivity contribution in [2.24, 2.45) is 7.05 Å². The summed E-state index contributed by atoms with van der Waals surface area (Å²) >= 11 is 0. The van der Waals surface area contributed by atoms with Gasteiger partial charge in [-0.15, -0.1) is 0 Å². The van der Waals surface area contributed by atoms with Gasteiger partial charge in [-0.1, -0.05) is 6.07 Å². The average Bonchev–Trinajstić information content (AvgIpc) is 3.43. The average molecular weight is 518 g/mol. The Bertz CT molecular complexity index is 1540. The second kappa shape index (κ2) is 9.13. The third-order valence-electron chi connectivity index (χ3n) is 5.99. The summed E-state index contributed by atoms with van der Waals surface area (Å²) in [4.78, 5) is 12.7. The van der Waals surface area contributed by atoms with Gasteiger partial charge < -0.3 is 20.4 Å². The van der Waals surface area contributed by atoms with Crippen LogP contribution in [0.4, 0.5) is 26.0 Å². The van der Waals surface area contributed by atoms with Gasteiger partial charge in [0.15, 0.2) is 21.3 Å². The van der Waals surface area contributed by atoms with Crippen molar-refractivity contribution in [1.82, 2.24) is 24.1 Å². The number of hydrogen-bond acceptors (Lipinski definition) is 8. The number of fused-ring (bicyclic) bond motifs is 1. The fourth-order valence-electron chi connectivity index (χ4n) is 4.36. The number of aryl methyl sites for hydroxylation is 1. The van der Waals surface area contributed by atoms with Gasteiger partial charge in [0.1, 0.15) is 17.6 Å². The summed E-state index contributed by atoms with van der Waals surface area (Å²) in [6.07, 6.45) is 3.17. The molecule has 4 aromatic rings. The molecule has 10 nitrogen and oxygen atoms in total. The Morgan fingerprint density at radius 2 is 2.00 bits per heavy atom. The monoisotopic (exact) mass is 517 g/mol. The van der Waals surface area contributed by atoms with E-state index in [1.165, 1.54) is 16.7 Å². The zero-order valence-corrected chi connectivity index (χ0v) is 20.5. The van der Waals surface area contributed by atoms with E-state index in [2.05, 4.69) is 20.3 Å². The normalized spacial score (nSPS) is 16.6. The molecule has 13 heteroatoms. The van der Waals surface area contributed by atoms with E-state index in [0.717, 1.165) is 19.1 Å². The van der Waals surface area contributed by atoms with Crippen LogP contribution in [0.3, 0.4) is 0 Å². The minimum absolute atomic E-state index is 0.0123. The van der Waals surface area contributed by atoms with E-state index < -0.39 is 28.3 Å². The number of sulfone groups is 1. The number of aromatic nitrogens is 5. The number of nitrogens with one attached hydrogen (secondary N) is 1. The Balaban J connectivity index is 1.64. The molecule has 3 aromatic heterocycles. The first-order chi connectivity index (χ1) is 17.1. The molecule has 0 amide bonds. The molecule has 0 saturated carbocycles. The predicted octanol–water partition coefficient (Wildman–Crippen LogP) is 4.20. The summed E-state index contributed by atoms with van der Waals surface area (Å²) in [6, 6.07) is 6.27. The lowest BCUT2D eigenvalue weighted by Crippen LogP contribution is -2.20. The van der Waals surface area contributed by atoms with Crippen LogP contribution in [0.2, 0.25) is 0 Å². The van der Waals surface area contributed by atoms with Gasteiger partial charge in [-0.3, -0.25) is 4.57 Å². The van der Waals surface area contributed by atoms with Crippen LogP contribution in [-0.4, -0.2) is 45.4 Å². The van der Waals surface area contributed by atoms with Gasteiger partial charge in [0.05, 0.1) is 28.3 Å². The number of benzene rings is 1. The number of halogens is 2. The molecule has 0 radical (unpaired) electrons. The maximum atomic E-state index is 14.0. The van der Waals surface area contributed by atoms with E-state index in [1.807, 2.05) is 7.05 Å². The number of nitrogen functional groups attached to an aromatic ring is 1. The number of anilines is 3. The lowest BCUT2D eigenvalue weighted by molar-refractivity contribution is -0.0363. The Morgan fingerprint density at radius 3 is 2.64 bits per heavy atom. The van der Waals surface area contributed by atoms with E-state index in [1.54, 1.807) is 29.2 Å². The molecule has 0 bridgehead atoms. The summed E-state index contributed by atoms with van der Waals surface area (Å²) < 4.78 is 62.2. The summed E-state index contributed by atoms with van der Waals surface area (Å²) in [5.41, 5.74) is 8.04. The second-order valence-corrected chi connectivity index (χ2v) is 10.7. The van der Waals surface area contributed by atoms with Gasteiger partial charge in [0, 0.05) is 37.7 Å². The van der Waals surface area contributed by atoms with Crippen molar-refractivity contribution in [2.45, 2.75) is 36.8 Å². The molecule has 36 heavy (non-hydrogen) atoms. The second-order valence-electron chi connectivity index (χ2n) is 8.76. The number of nitrogens with zero attached hydrogens (tertiary/aromatic N) is 5. The number of hydrogen-bond donors (Lipinski definition) is 2. The quantitative estimate of drug-likeness (QED) is 0.389. The van der Waals surface area contributed by atoms with Gasteiger partial charge in [-0.25, -0.2) is 32.2 Å². The van der Waals surface area contributed by atoms with Gasteiger partial charge >= 0.3 is 0 Å². The molecule has 0 spiro atoms. The molecule has 190 valence electrons. The minimum Gasteiger partial charge on any atom is -0.384 e. The SMILES string of the molecule is Cn1cnc(-c2ccc(Nc3cc(N)nc4c3nc(C(F)F)n4C3CCCCO3)c(S(C)(=O)=O)c2)c1. The Morgan fingerprint density at radius 1 is 1.19 bits per heavy atom. The third kappa shape index (κ3) is 4.51. The van der Waals surface area contributed by atoms with E-state index in [0.29, 0.717) is 24.3 Å². The smallest absolute Gasteiger partial charge is 0.295 e. The molecule has 1 unspecified atom stereocenters. The highest BCUT2D eigenvalue weighted by atomic mass is 32.2. The van der Waals surface area contributed by atoms with Crippen LogP contribution in [0.25, 0.3) is 22.4 Å². The summed E-state index contributed by atoms with van der Waals surface area (Å²) in [6.45, 7) is 0.445.